The van der Waals surface area contributed by atoms with Gasteiger partial charge >= 0.3 is 0 Å². The summed E-state index contributed by atoms with van der Waals surface area (Å²) >= 11 is 7.64. The van der Waals surface area contributed by atoms with E-state index in [0.717, 1.165) is 4.90 Å². The molecule has 0 aromatic heterocycles. The summed E-state index contributed by atoms with van der Waals surface area (Å²) in [6.07, 6.45) is 0. The van der Waals surface area contributed by atoms with Crippen molar-refractivity contribution in [2.24, 2.45) is 0 Å². The molecule has 3 aromatic rings. The summed E-state index contributed by atoms with van der Waals surface area (Å²) in [5.74, 6) is 1.33. The molecule has 0 saturated carbocycles. The number of halogens is 1. The molecule has 1 amide bonds. The van der Waals surface area contributed by atoms with Crippen LogP contribution in [-0.2, 0) is 4.79 Å². The number of benzene rings is 3. The van der Waals surface area contributed by atoms with Gasteiger partial charge in [0.05, 0.1) is 16.5 Å². The fraction of sp³-hybridized carbons (Fsp3) is 0.0952. The number of amides is 1. The van der Waals surface area contributed by atoms with Crippen LogP contribution in [0.4, 0.5) is 5.69 Å². The number of thioether (sulfide) groups is 1. The average Bonchev–Trinajstić information content (AvgIpc) is 2.65. The number of carbonyl (C=O) groups excluding carboxylic acids is 1. The molecule has 0 unspecified atom stereocenters. The monoisotopic (exact) mass is 383 g/mol. The summed E-state index contributed by atoms with van der Waals surface area (Å²) in [7, 11) is 0. The maximum Gasteiger partial charge on any atom is 0.234 e. The Morgan fingerprint density at radius 2 is 1.62 bits per heavy atom. The predicted octanol–water partition coefficient (Wildman–Crippen LogP) is 6.17. The highest BCUT2D eigenvalue weighted by atomic mass is 35.5. The first-order valence-corrected chi connectivity index (χ1v) is 9.49. The van der Waals surface area contributed by atoms with Crippen LogP contribution in [0.3, 0.4) is 0 Å². The van der Waals surface area contributed by atoms with E-state index in [0.29, 0.717) is 28.0 Å². The van der Waals surface area contributed by atoms with Crippen molar-refractivity contribution in [3.63, 3.8) is 0 Å². The van der Waals surface area contributed by atoms with E-state index in [4.69, 9.17) is 16.3 Å². The van der Waals surface area contributed by atoms with Crippen LogP contribution in [0, 0.1) is 6.92 Å². The van der Waals surface area contributed by atoms with Gasteiger partial charge in [0.15, 0.2) is 5.75 Å². The van der Waals surface area contributed by atoms with E-state index in [2.05, 4.69) is 5.32 Å². The number of rotatable bonds is 6. The van der Waals surface area contributed by atoms with Gasteiger partial charge in [-0.2, -0.15) is 0 Å². The molecule has 0 heterocycles. The maximum absolute atomic E-state index is 12.3. The molecule has 0 fully saturated rings. The van der Waals surface area contributed by atoms with Gasteiger partial charge in [-0.25, -0.2) is 0 Å². The minimum Gasteiger partial charge on any atom is -0.454 e. The largest absolute Gasteiger partial charge is 0.454 e. The lowest BCUT2D eigenvalue weighted by Gasteiger charge is -2.13. The molecular weight excluding hydrogens is 366 g/mol. The standard InChI is InChI=1S/C21H18ClNO2S/c1-15-10-12-16(13-11-15)26-14-21(24)23-18-7-3-5-9-20(18)25-19-8-4-2-6-17(19)22/h2-13H,14H2,1H3,(H,23,24). The molecule has 0 aliphatic carbocycles. The van der Waals surface area contributed by atoms with E-state index in [1.807, 2.05) is 55.5 Å². The number of nitrogens with one attached hydrogen (secondary N) is 1. The lowest BCUT2D eigenvalue weighted by Crippen LogP contribution is -2.14. The minimum absolute atomic E-state index is 0.0919. The number of carbonyl (C=O) groups is 1. The highest BCUT2D eigenvalue weighted by Gasteiger charge is 2.10. The third-order valence-electron chi connectivity index (χ3n) is 3.61. The van der Waals surface area contributed by atoms with Gasteiger partial charge in [0.25, 0.3) is 0 Å². The number of ether oxygens (including phenoxy) is 1. The molecule has 0 aliphatic heterocycles. The number of para-hydroxylation sites is 3. The summed E-state index contributed by atoms with van der Waals surface area (Å²) in [6, 6.07) is 22.6. The van der Waals surface area contributed by atoms with Crippen LogP contribution >= 0.6 is 23.4 Å². The topological polar surface area (TPSA) is 38.3 Å². The normalized spacial score (nSPS) is 10.4. The fourth-order valence-electron chi connectivity index (χ4n) is 2.27. The zero-order valence-electron chi connectivity index (χ0n) is 14.2. The summed E-state index contributed by atoms with van der Waals surface area (Å²) < 4.78 is 5.86. The number of hydrogen-bond donors (Lipinski definition) is 1. The SMILES string of the molecule is Cc1ccc(SCC(=O)Nc2ccccc2Oc2ccccc2Cl)cc1. The van der Waals surface area contributed by atoms with Gasteiger partial charge in [0, 0.05) is 4.90 Å². The van der Waals surface area contributed by atoms with Gasteiger partial charge in [-0.15, -0.1) is 11.8 Å². The second-order valence-electron chi connectivity index (χ2n) is 5.68. The van der Waals surface area contributed by atoms with Crippen LogP contribution in [0.25, 0.3) is 0 Å². The third-order valence-corrected chi connectivity index (χ3v) is 4.93. The summed E-state index contributed by atoms with van der Waals surface area (Å²) in [6.45, 7) is 2.04. The van der Waals surface area contributed by atoms with E-state index in [1.165, 1.54) is 17.3 Å². The van der Waals surface area contributed by atoms with Crippen LogP contribution in [0.5, 0.6) is 11.5 Å². The van der Waals surface area contributed by atoms with Crippen molar-refractivity contribution in [2.45, 2.75) is 11.8 Å². The van der Waals surface area contributed by atoms with Crippen molar-refractivity contribution in [2.75, 3.05) is 11.1 Å². The van der Waals surface area contributed by atoms with Gasteiger partial charge in [-0.3, -0.25) is 4.79 Å². The number of hydrogen-bond acceptors (Lipinski definition) is 3. The Morgan fingerprint density at radius 1 is 0.962 bits per heavy atom. The highest BCUT2D eigenvalue weighted by molar-refractivity contribution is 8.00. The van der Waals surface area contributed by atoms with E-state index >= 15 is 0 Å². The molecule has 0 aliphatic rings. The highest BCUT2D eigenvalue weighted by Crippen LogP contribution is 2.33. The van der Waals surface area contributed by atoms with E-state index in [9.17, 15) is 4.79 Å². The molecule has 0 radical (unpaired) electrons. The zero-order chi connectivity index (χ0) is 18.4. The molecule has 1 N–H and O–H groups in total. The van der Waals surface area contributed by atoms with Crippen LogP contribution in [0.1, 0.15) is 5.56 Å². The van der Waals surface area contributed by atoms with Gasteiger partial charge in [0.1, 0.15) is 5.75 Å². The molecule has 0 atom stereocenters. The second-order valence-corrected chi connectivity index (χ2v) is 7.13. The van der Waals surface area contributed by atoms with Crippen LogP contribution in [-0.4, -0.2) is 11.7 Å². The van der Waals surface area contributed by atoms with Gasteiger partial charge < -0.3 is 10.1 Å². The lowest BCUT2D eigenvalue weighted by molar-refractivity contribution is -0.113. The molecule has 132 valence electrons. The molecule has 5 heteroatoms. The van der Waals surface area contributed by atoms with Gasteiger partial charge in [-0.05, 0) is 43.3 Å². The Hall–Kier alpha value is -2.43. The predicted molar refractivity (Wildman–Crippen MR) is 109 cm³/mol. The van der Waals surface area contributed by atoms with Crippen LogP contribution in [0.15, 0.2) is 77.7 Å². The van der Waals surface area contributed by atoms with Gasteiger partial charge in [-0.1, -0.05) is 53.6 Å². The van der Waals surface area contributed by atoms with Gasteiger partial charge in [0.2, 0.25) is 5.91 Å². The van der Waals surface area contributed by atoms with Crippen LogP contribution in [0.2, 0.25) is 5.02 Å². The minimum atomic E-state index is -0.0919. The molecular formula is C21H18ClNO2S. The van der Waals surface area contributed by atoms with Crippen molar-refractivity contribution >= 4 is 35.0 Å². The number of aryl methyl sites for hydroxylation is 1. The average molecular weight is 384 g/mol. The quantitative estimate of drug-likeness (QED) is 0.517. The Labute approximate surface area is 162 Å². The van der Waals surface area contributed by atoms with E-state index in [1.54, 1.807) is 24.3 Å². The Morgan fingerprint density at radius 3 is 2.35 bits per heavy atom. The van der Waals surface area contributed by atoms with E-state index in [-0.39, 0.29) is 5.91 Å². The Balaban J connectivity index is 1.65. The summed E-state index contributed by atoms with van der Waals surface area (Å²) in [5, 5.41) is 3.42. The Kier molecular flexibility index (Phi) is 6.21. The van der Waals surface area contributed by atoms with Crippen molar-refractivity contribution in [1.29, 1.82) is 0 Å². The first-order valence-electron chi connectivity index (χ1n) is 8.12. The second kappa shape index (κ2) is 8.79. The fourth-order valence-corrected chi connectivity index (χ4v) is 3.15. The summed E-state index contributed by atoms with van der Waals surface area (Å²) in [5.41, 5.74) is 1.81. The van der Waals surface area contributed by atoms with Crippen molar-refractivity contribution in [3.05, 3.63) is 83.4 Å². The van der Waals surface area contributed by atoms with Crippen molar-refractivity contribution in [1.82, 2.24) is 0 Å². The van der Waals surface area contributed by atoms with Crippen molar-refractivity contribution in [3.8, 4) is 11.5 Å². The Bertz CT molecular complexity index is 897. The molecule has 0 spiro atoms. The maximum atomic E-state index is 12.3. The van der Waals surface area contributed by atoms with E-state index < -0.39 is 0 Å². The zero-order valence-corrected chi connectivity index (χ0v) is 15.8. The smallest absolute Gasteiger partial charge is 0.234 e. The molecule has 3 rings (SSSR count). The summed E-state index contributed by atoms with van der Waals surface area (Å²) in [4.78, 5) is 13.4. The van der Waals surface area contributed by atoms with Crippen molar-refractivity contribution < 1.29 is 9.53 Å². The molecule has 0 bridgehead atoms. The lowest BCUT2D eigenvalue weighted by atomic mass is 10.2. The molecule has 0 saturated heterocycles. The third kappa shape index (κ3) is 5.04. The van der Waals surface area contributed by atoms with Crippen LogP contribution < -0.4 is 10.1 Å². The molecule has 3 nitrogen and oxygen atoms in total. The first-order chi connectivity index (χ1) is 12.6. The molecule has 3 aromatic carbocycles. The number of anilines is 1. The molecule has 26 heavy (non-hydrogen) atoms. The first kappa shape index (κ1) is 18.4.